The van der Waals surface area contributed by atoms with Crippen molar-refractivity contribution in [3.8, 4) is 0 Å². The summed E-state index contributed by atoms with van der Waals surface area (Å²) in [5.41, 5.74) is 3.30. The van der Waals surface area contributed by atoms with E-state index in [0.717, 1.165) is 34.3 Å². The Balaban J connectivity index is 2.20. The van der Waals surface area contributed by atoms with Gasteiger partial charge in [0.05, 0.1) is 10.7 Å². The van der Waals surface area contributed by atoms with Crippen molar-refractivity contribution in [3.63, 3.8) is 0 Å². The summed E-state index contributed by atoms with van der Waals surface area (Å²) in [7, 11) is 0. The van der Waals surface area contributed by atoms with Crippen molar-refractivity contribution in [1.29, 1.82) is 0 Å². The summed E-state index contributed by atoms with van der Waals surface area (Å²) in [5.74, 6) is 0.382. The average Bonchev–Trinajstić information content (AvgIpc) is 2.64. The zero-order valence-corrected chi connectivity index (χ0v) is 9.49. The van der Waals surface area contributed by atoms with Gasteiger partial charge in [-0.1, -0.05) is 23.2 Å². The van der Waals surface area contributed by atoms with E-state index in [4.69, 9.17) is 23.2 Å². The van der Waals surface area contributed by atoms with E-state index in [2.05, 4.69) is 10.6 Å². The van der Waals surface area contributed by atoms with Crippen molar-refractivity contribution >= 4 is 28.9 Å². The molecule has 0 amide bonds. The summed E-state index contributed by atoms with van der Waals surface area (Å²) in [6, 6.07) is 3.70. The number of hydrogen-bond acceptors (Lipinski definition) is 2. The molecule has 1 unspecified atom stereocenters. The predicted molar refractivity (Wildman–Crippen MR) is 63.5 cm³/mol. The average molecular weight is 241 g/mol. The molecule has 2 aliphatic heterocycles. The third-order valence-electron chi connectivity index (χ3n) is 2.97. The number of anilines is 1. The highest BCUT2D eigenvalue weighted by Crippen LogP contribution is 2.47. The fraction of sp³-hybridized carbons (Fsp3) is 0.273. The fourth-order valence-corrected chi connectivity index (χ4v) is 2.77. The molecule has 0 saturated carbocycles. The lowest BCUT2D eigenvalue weighted by Crippen LogP contribution is -2.20. The predicted octanol–water partition coefficient (Wildman–Crippen LogP) is 3.34. The second-order valence-electron chi connectivity index (χ2n) is 3.84. The van der Waals surface area contributed by atoms with Gasteiger partial charge in [-0.25, -0.2) is 0 Å². The van der Waals surface area contributed by atoms with Crippen LogP contribution in [0.3, 0.4) is 0 Å². The van der Waals surface area contributed by atoms with Gasteiger partial charge in [0.15, 0.2) is 0 Å². The molecule has 1 aromatic carbocycles. The van der Waals surface area contributed by atoms with Gasteiger partial charge in [-0.3, -0.25) is 0 Å². The topological polar surface area (TPSA) is 24.1 Å². The second kappa shape index (κ2) is 3.32. The van der Waals surface area contributed by atoms with E-state index in [1.807, 2.05) is 18.3 Å². The monoisotopic (exact) mass is 240 g/mol. The number of hydrogen-bond donors (Lipinski definition) is 2. The fourth-order valence-electron chi connectivity index (χ4n) is 2.27. The molecule has 0 radical (unpaired) electrons. The van der Waals surface area contributed by atoms with Crippen molar-refractivity contribution in [2.75, 3.05) is 11.9 Å². The van der Waals surface area contributed by atoms with Gasteiger partial charge in [0.2, 0.25) is 0 Å². The first kappa shape index (κ1) is 9.37. The zero-order valence-electron chi connectivity index (χ0n) is 7.98. The lowest BCUT2D eigenvalue weighted by molar-refractivity contribution is 0.643. The van der Waals surface area contributed by atoms with Crippen molar-refractivity contribution < 1.29 is 0 Å². The molecule has 1 aromatic rings. The van der Waals surface area contributed by atoms with Crippen LogP contribution < -0.4 is 10.6 Å². The molecular weight excluding hydrogens is 231 g/mol. The van der Waals surface area contributed by atoms with Gasteiger partial charge in [-0.15, -0.1) is 0 Å². The number of halogens is 2. The molecule has 2 nitrogen and oxygen atoms in total. The number of benzene rings is 1. The molecule has 1 atom stereocenters. The maximum Gasteiger partial charge on any atom is 0.0645 e. The van der Waals surface area contributed by atoms with Crippen LogP contribution in [0.5, 0.6) is 0 Å². The summed E-state index contributed by atoms with van der Waals surface area (Å²) >= 11 is 12.4. The van der Waals surface area contributed by atoms with Crippen LogP contribution in [-0.4, -0.2) is 6.54 Å². The Kier molecular flexibility index (Phi) is 2.08. The summed E-state index contributed by atoms with van der Waals surface area (Å²) in [4.78, 5) is 0. The molecule has 0 spiro atoms. The number of fused-ring (bicyclic) bond motifs is 3. The van der Waals surface area contributed by atoms with Gasteiger partial charge in [0.25, 0.3) is 0 Å². The molecule has 0 saturated heterocycles. The van der Waals surface area contributed by atoms with Gasteiger partial charge in [0.1, 0.15) is 0 Å². The Morgan fingerprint density at radius 3 is 2.87 bits per heavy atom. The smallest absolute Gasteiger partial charge is 0.0645 e. The first-order chi connectivity index (χ1) is 7.27. The van der Waals surface area contributed by atoms with E-state index in [1.54, 1.807) is 0 Å². The third-order valence-corrected chi connectivity index (χ3v) is 3.61. The standard InChI is InChI=1S/C11H10Cl2N2/c12-7-1-2-8(13)11-10(7)6-3-4-14-5-9(6)15-11/h1-2,5-6,14-15H,3-4H2. The highest BCUT2D eigenvalue weighted by atomic mass is 35.5. The summed E-state index contributed by atoms with van der Waals surface area (Å²) < 4.78 is 0. The van der Waals surface area contributed by atoms with Crippen LogP contribution in [-0.2, 0) is 0 Å². The molecular formula is C11H10Cl2N2. The van der Waals surface area contributed by atoms with Crippen molar-refractivity contribution in [2.45, 2.75) is 12.3 Å². The number of allylic oxidation sites excluding steroid dienone is 1. The minimum atomic E-state index is 0.382. The van der Waals surface area contributed by atoms with Crippen LogP contribution in [0.25, 0.3) is 0 Å². The van der Waals surface area contributed by atoms with Gasteiger partial charge in [-0.05, 0) is 18.6 Å². The maximum absolute atomic E-state index is 6.22. The quantitative estimate of drug-likeness (QED) is 0.727. The Bertz CT molecular complexity index is 454. The molecule has 0 aliphatic carbocycles. The number of nitrogens with one attached hydrogen (secondary N) is 2. The van der Waals surface area contributed by atoms with E-state index in [0.29, 0.717) is 5.92 Å². The molecule has 2 aliphatic rings. The highest BCUT2D eigenvalue weighted by Gasteiger charge is 2.32. The first-order valence-corrected chi connectivity index (χ1v) is 5.71. The van der Waals surface area contributed by atoms with Gasteiger partial charge >= 0.3 is 0 Å². The summed E-state index contributed by atoms with van der Waals surface area (Å²) in [6.07, 6.45) is 3.08. The van der Waals surface area contributed by atoms with Crippen LogP contribution in [0.2, 0.25) is 10.0 Å². The minimum Gasteiger partial charge on any atom is -0.389 e. The summed E-state index contributed by atoms with van der Waals surface area (Å²) in [5, 5.41) is 8.09. The van der Waals surface area contributed by atoms with E-state index >= 15 is 0 Å². The van der Waals surface area contributed by atoms with Gasteiger partial charge in [0, 0.05) is 34.9 Å². The summed E-state index contributed by atoms with van der Waals surface area (Å²) in [6.45, 7) is 0.984. The lowest BCUT2D eigenvalue weighted by atomic mass is 9.94. The van der Waals surface area contributed by atoms with Crippen molar-refractivity contribution in [3.05, 3.63) is 39.6 Å². The minimum absolute atomic E-state index is 0.382. The van der Waals surface area contributed by atoms with Gasteiger partial charge in [-0.2, -0.15) is 0 Å². The van der Waals surface area contributed by atoms with Crippen LogP contribution in [0, 0.1) is 0 Å². The van der Waals surface area contributed by atoms with E-state index in [1.165, 1.54) is 5.70 Å². The van der Waals surface area contributed by atoms with E-state index in [-0.39, 0.29) is 0 Å². The Labute approximate surface area is 98.3 Å². The Morgan fingerprint density at radius 1 is 1.20 bits per heavy atom. The van der Waals surface area contributed by atoms with Crippen LogP contribution in [0.15, 0.2) is 24.0 Å². The first-order valence-electron chi connectivity index (χ1n) is 4.96. The highest BCUT2D eigenvalue weighted by molar-refractivity contribution is 6.36. The van der Waals surface area contributed by atoms with Crippen molar-refractivity contribution in [2.24, 2.45) is 0 Å². The normalized spacial score (nSPS) is 22.3. The Morgan fingerprint density at radius 2 is 2.00 bits per heavy atom. The molecule has 15 heavy (non-hydrogen) atoms. The second-order valence-corrected chi connectivity index (χ2v) is 4.65. The molecule has 2 heterocycles. The SMILES string of the molecule is Clc1ccc(Cl)c2c1NC1=CNCCC12. The third kappa shape index (κ3) is 1.32. The van der Waals surface area contributed by atoms with Crippen LogP contribution in [0.1, 0.15) is 17.9 Å². The van der Waals surface area contributed by atoms with Crippen molar-refractivity contribution in [1.82, 2.24) is 5.32 Å². The molecule has 78 valence electrons. The van der Waals surface area contributed by atoms with Crippen LogP contribution >= 0.6 is 23.2 Å². The largest absolute Gasteiger partial charge is 0.389 e. The molecule has 0 bridgehead atoms. The van der Waals surface area contributed by atoms with Crippen LogP contribution in [0.4, 0.5) is 5.69 Å². The molecule has 3 rings (SSSR count). The lowest BCUT2D eigenvalue weighted by Gasteiger charge is -2.18. The maximum atomic E-state index is 6.22. The van der Waals surface area contributed by atoms with E-state index < -0.39 is 0 Å². The molecule has 0 aromatic heterocycles. The molecule has 0 fully saturated rings. The molecule has 2 N–H and O–H groups in total. The zero-order chi connectivity index (χ0) is 10.4. The van der Waals surface area contributed by atoms with Gasteiger partial charge < -0.3 is 10.6 Å². The number of rotatable bonds is 0. The Hall–Kier alpha value is -0.860. The molecule has 4 heteroatoms. The van der Waals surface area contributed by atoms with E-state index in [9.17, 15) is 0 Å².